The first-order valence-electron chi connectivity index (χ1n) is 8.16. The molecule has 1 aliphatic heterocycles. The number of aromatic nitrogens is 1. The summed E-state index contributed by atoms with van der Waals surface area (Å²) in [5, 5.41) is 5.54. The number of carbonyl (C=O) groups excluding carboxylic acids is 2. The third-order valence-corrected chi connectivity index (χ3v) is 4.86. The van der Waals surface area contributed by atoms with Crippen LogP contribution in [0.25, 0.3) is 0 Å². The van der Waals surface area contributed by atoms with E-state index in [9.17, 15) is 9.59 Å². The molecule has 6 nitrogen and oxygen atoms in total. The minimum Gasteiger partial charge on any atom is -0.338 e. The lowest BCUT2D eigenvalue weighted by atomic mass is 9.94. The molecule has 0 aliphatic carbocycles. The second-order valence-electron chi connectivity index (χ2n) is 6.51. The second-order valence-corrected chi connectivity index (χ2v) is 7.38. The minimum atomic E-state index is -0.0101. The Balaban J connectivity index is 1.83. The molecule has 2 heterocycles. The Morgan fingerprint density at radius 1 is 1.52 bits per heavy atom. The monoisotopic (exact) mass is 338 g/mol. The van der Waals surface area contributed by atoms with Crippen molar-refractivity contribution >= 4 is 28.4 Å². The van der Waals surface area contributed by atoms with Crippen LogP contribution in [-0.2, 0) is 4.79 Å². The quantitative estimate of drug-likeness (QED) is 0.897. The molecule has 0 bridgehead atoms. The van der Waals surface area contributed by atoms with Gasteiger partial charge >= 0.3 is 6.03 Å². The van der Waals surface area contributed by atoms with Crippen molar-refractivity contribution in [2.24, 2.45) is 11.8 Å². The number of hydrogen-bond acceptors (Lipinski definition) is 4. The van der Waals surface area contributed by atoms with Crippen LogP contribution in [0.4, 0.5) is 9.93 Å². The Labute approximate surface area is 141 Å². The number of hydrogen-bond donors (Lipinski definition) is 1. The van der Waals surface area contributed by atoms with Crippen molar-refractivity contribution < 1.29 is 9.59 Å². The summed E-state index contributed by atoms with van der Waals surface area (Å²) in [7, 11) is 1.76. The second kappa shape index (κ2) is 8.29. The van der Waals surface area contributed by atoms with Crippen molar-refractivity contribution in [3.05, 3.63) is 11.6 Å². The fraction of sp³-hybridized carbons (Fsp3) is 0.688. The van der Waals surface area contributed by atoms with Crippen molar-refractivity contribution in [1.29, 1.82) is 0 Å². The molecule has 0 aromatic carbocycles. The van der Waals surface area contributed by atoms with Gasteiger partial charge in [-0.2, -0.15) is 0 Å². The molecule has 1 N–H and O–H groups in total. The number of thiazole rings is 1. The molecule has 1 fully saturated rings. The zero-order chi connectivity index (χ0) is 16.8. The van der Waals surface area contributed by atoms with E-state index in [2.05, 4.69) is 24.1 Å². The standard InChI is InChI=1S/C16H26N4O2S/c1-12(2)10-18-15(22)20-7-4-5-13(11-20)9-14(21)19(3)16-17-6-8-23-16/h6,8,12-13H,4-5,7,9-11H2,1-3H3,(H,18,22). The number of urea groups is 1. The van der Waals surface area contributed by atoms with Gasteiger partial charge in [-0.3, -0.25) is 9.69 Å². The molecule has 0 saturated carbocycles. The molecule has 1 aliphatic rings. The highest BCUT2D eigenvalue weighted by molar-refractivity contribution is 7.13. The fourth-order valence-corrected chi connectivity index (χ4v) is 3.32. The van der Waals surface area contributed by atoms with Gasteiger partial charge in [-0.1, -0.05) is 13.8 Å². The molecule has 1 aromatic rings. The van der Waals surface area contributed by atoms with E-state index in [4.69, 9.17) is 0 Å². The predicted molar refractivity (Wildman–Crippen MR) is 92.7 cm³/mol. The van der Waals surface area contributed by atoms with Crippen LogP contribution in [0.1, 0.15) is 33.1 Å². The van der Waals surface area contributed by atoms with Crippen LogP contribution >= 0.6 is 11.3 Å². The molecule has 0 spiro atoms. The van der Waals surface area contributed by atoms with E-state index in [1.165, 1.54) is 11.3 Å². The number of anilines is 1. The Bertz CT molecular complexity index is 518. The molecule has 1 aromatic heterocycles. The lowest BCUT2D eigenvalue weighted by Crippen LogP contribution is -2.47. The van der Waals surface area contributed by atoms with Crippen molar-refractivity contribution in [2.75, 3.05) is 31.6 Å². The lowest BCUT2D eigenvalue weighted by Gasteiger charge is -2.33. The summed E-state index contributed by atoms with van der Waals surface area (Å²) < 4.78 is 0. The highest BCUT2D eigenvalue weighted by Gasteiger charge is 2.26. The van der Waals surface area contributed by atoms with Gasteiger partial charge in [-0.15, -0.1) is 11.3 Å². The number of amides is 3. The van der Waals surface area contributed by atoms with Gasteiger partial charge in [0.2, 0.25) is 5.91 Å². The van der Waals surface area contributed by atoms with E-state index in [0.717, 1.165) is 24.5 Å². The maximum atomic E-state index is 12.4. The molecule has 7 heteroatoms. The van der Waals surface area contributed by atoms with E-state index in [-0.39, 0.29) is 17.9 Å². The molecule has 128 valence electrons. The summed E-state index contributed by atoms with van der Waals surface area (Å²) in [6.07, 6.45) is 4.11. The average Bonchev–Trinajstić information content (AvgIpc) is 3.06. The summed E-state index contributed by atoms with van der Waals surface area (Å²) in [5.41, 5.74) is 0. The van der Waals surface area contributed by atoms with Gasteiger partial charge in [-0.25, -0.2) is 9.78 Å². The third kappa shape index (κ3) is 5.20. The van der Waals surface area contributed by atoms with Gasteiger partial charge < -0.3 is 10.2 Å². The van der Waals surface area contributed by atoms with Crippen LogP contribution in [-0.4, -0.2) is 48.5 Å². The molecule has 0 radical (unpaired) electrons. The Morgan fingerprint density at radius 2 is 2.30 bits per heavy atom. The Kier molecular flexibility index (Phi) is 6.38. The maximum Gasteiger partial charge on any atom is 0.317 e. The molecular weight excluding hydrogens is 312 g/mol. The van der Waals surface area contributed by atoms with Gasteiger partial charge in [-0.05, 0) is 24.7 Å². The third-order valence-electron chi connectivity index (χ3n) is 4.01. The predicted octanol–water partition coefficient (Wildman–Crippen LogP) is 2.57. The molecule has 1 atom stereocenters. The van der Waals surface area contributed by atoms with Gasteiger partial charge in [0.1, 0.15) is 0 Å². The smallest absolute Gasteiger partial charge is 0.317 e. The van der Waals surface area contributed by atoms with E-state index in [1.807, 2.05) is 10.3 Å². The van der Waals surface area contributed by atoms with Gasteiger partial charge in [0.05, 0.1) is 0 Å². The summed E-state index contributed by atoms with van der Waals surface area (Å²) in [6.45, 7) is 6.27. The normalized spacial score (nSPS) is 18.1. The highest BCUT2D eigenvalue weighted by atomic mass is 32.1. The first kappa shape index (κ1) is 17.7. The first-order valence-corrected chi connectivity index (χ1v) is 9.04. The molecule has 1 unspecified atom stereocenters. The average molecular weight is 338 g/mol. The number of nitrogens with one attached hydrogen (secondary N) is 1. The largest absolute Gasteiger partial charge is 0.338 e. The van der Waals surface area contributed by atoms with Crippen molar-refractivity contribution in [3.63, 3.8) is 0 Å². The number of rotatable bonds is 5. The lowest BCUT2D eigenvalue weighted by molar-refractivity contribution is -0.119. The van der Waals surface area contributed by atoms with Crippen LogP contribution in [0.15, 0.2) is 11.6 Å². The number of nitrogens with zero attached hydrogens (tertiary/aromatic N) is 3. The van der Waals surface area contributed by atoms with Crippen molar-refractivity contribution in [2.45, 2.75) is 33.1 Å². The Morgan fingerprint density at radius 3 is 2.96 bits per heavy atom. The van der Waals surface area contributed by atoms with Crippen LogP contribution in [0.3, 0.4) is 0 Å². The maximum absolute atomic E-state index is 12.4. The molecular formula is C16H26N4O2S. The summed E-state index contributed by atoms with van der Waals surface area (Å²) in [4.78, 5) is 32.2. The van der Waals surface area contributed by atoms with Crippen LogP contribution in [0, 0.1) is 11.8 Å². The van der Waals surface area contributed by atoms with E-state index >= 15 is 0 Å². The molecule has 1 saturated heterocycles. The first-order chi connectivity index (χ1) is 11.0. The topological polar surface area (TPSA) is 65.5 Å². The minimum absolute atomic E-state index is 0.0101. The van der Waals surface area contributed by atoms with Crippen LogP contribution < -0.4 is 10.2 Å². The number of likely N-dealkylation sites (tertiary alicyclic amines) is 1. The van der Waals surface area contributed by atoms with Crippen molar-refractivity contribution in [3.8, 4) is 0 Å². The van der Waals surface area contributed by atoms with Gasteiger partial charge in [0.15, 0.2) is 5.13 Å². The van der Waals surface area contributed by atoms with Gasteiger partial charge in [0, 0.05) is 44.7 Å². The zero-order valence-corrected chi connectivity index (χ0v) is 14.9. The van der Waals surface area contributed by atoms with Crippen LogP contribution in [0.5, 0.6) is 0 Å². The van der Waals surface area contributed by atoms with Crippen molar-refractivity contribution in [1.82, 2.24) is 15.2 Å². The summed E-state index contributed by atoms with van der Waals surface area (Å²) in [5.74, 6) is 0.728. The summed E-state index contributed by atoms with van der Waals surface area (Å²) >= 11 is 1.46. The number of carbonyl (C=O) groups is 2. The van der Waals surface area contributed by atoms with E-state index in [0.29, 0.717) is 25.4 Å². The molecule has 3 amide bonds. The van der Waals surface area contributed by atoms with Gasteiger partial charge in [0.25, 0.3) is 0 Å². The molecule has 2 rings (SSSR count). The fourth-order valence-electron chi connectivity index (χ4n) is 2.69. The van der Waals surface area contributed by atoms with E-state index < -0.39 is 0 Å². The highest BCUT2D eigenvalue weighted by Crippen LogP contribution is 2.23. The van der Waals surface area contributed by atoms with E-state index in [1.54, 1.807) is 18.1 Å². The van der Waals surface area contributed by atoms with Crippen LogP contribution in [0.2, 0.25) is 0 Å². The summed E-state index contributed by atoms with van der Waals surface area (Å²) in [6, 6.07) is -0.0101. The Hall–Kier alpha value is -1.63. The SMILES string of the molecule is CC(C)CNC(=O)N1CCCC(CC(=O)N(C)c2nccs2)C1. The molecule has 23 heavy (non-hydrogen) atoms. The zero-order valence-electron chi connectivity index (χ0n) is 14.1. The number of piperidine rings is 1.